The molecule has 2 aliphatic carbocycles. The number of carbonyl (C=O) groups is 1. The van der Waals surface area contributed by atoms with Gasteiger partial charge >= 0.3 is 0 Å². The molecule has 2 N–H and O–H groups in total. The lowest BCUT2D eigenvalue weighted by molar-refractivity contribution is -0.120. The van der Waals surface area contributed by atoms with Gasteiger partial charge in [-0.1, -0.05) is 57.8 Å². The highest BCUT2D eigenvalue weighted by molar-refractivity contribution is 5.78. The molecule has 0 atom stereocenters. The van der Waals surface area contributed by atoms with Gasteiger partial charge in [0.15, 0.2) is 0 Å². The van der Waals surface area contributed by atoms with Crippen LogP contribution in [0.3, 0.4) is 0 Å². The molecule has 0 heterocycles. The van der Waals surface area contributed by atoms with Crippen molar-refractivity contribution in [2.45, 2.75) is 95.6 Å². The molecule has 2 fully saturated rings. The summed E-state index contributed by atoms with van der Waals surface area (Å²) in [6.45, 7) is 0.515. The number of amides is 1. The molecule has 0 saturated heterocycles. The maximum Gasteiger partial charge on any atom is 0.234 e. The van der Waals surface area contributed by atoms with Gasteiger partial charge in [-0.3, -0.25) is 4.79 Å². The van der Waals surface area contributed by atoms with Crippen LogP contribution in [0.25, 0.3) is 0 Å². The van der Waals surface area contributed by atoms with Crippen molar-refractivity contribution in [3.63, 3.8) is 0 Å². The molecule has 2 rings (SSSR count). The van der Waals surface area contributed by atoms with Crippen LogP contribution < -0.4 is 10.6 Å². The van der Waals surface area contributed by atoms with Crippen LogP contribution in [0, 0.1) is 0 Å². The first-order valence-electron chi connectivity index (χ1n) is 8.87. The maximum atomic E-state index is 11.7. The summed E-state index contributed by atoms with van der Waals surface area (Å²) in [5, 5.41) is 6.56. The number of hydrogen-bond donors (Lipinski definition) is 2. The van der Waals surface area contributed by atoms with E-state index >= 15 is 0 Å². The Morgan fingerprint density at radius 2 is 1.20 bits per heavy atom. The highest BCUT2D eigenvalue weighted by Gasteiger charge is 2.23. The number of carbonyl (C=O) groups excluding carboxylic acids is 1. The highest BCUT2D eigenvalue weighted by atomic mass is 16.2. The molecule has 0 aromatic rings. The van der Waals surface area contributed by atoms with Crippen molar-refractivity contribution >= 4 is 5.91 Å². The average Bonchev–Trinajstić information content (AvgIpc) is 3.22. The van der Waals surface area contributed by atoms with Crippen LogP contribution in [-0.4, -0.2) is 24.5 Å². The van der Waals surface area contributed by atoms with Crippen LogP contribution in [0.1, 0.15) is 83.5 Å². The molecule has 3 nitrogen and oxygen atoms in total. The van der Waals surface area contributed by atoms with E-state index in [2.05, 4.69) is 10.6 Å². The standard InChI is InChI=1S/C17H32N2O/c20-17(19-16-12-13-16)14-18-15-10-8-6-4-2-1-3-5-7-9-11-15/h15-16,18H,1-14H2,(H,19,20). The monoisotopic (exact) mass is 280 g/mol. The summed E-state index contributed by atoms with van der Waals surface area (Å²) < 4.78 is 0. The van der Waals surface area contributed by atoms with E-state index in [1.807, 2.05) is 0 Å². The Morgan fingerprint density at radius 3 is 1.70 bits per heavy atom. The summed E-state index contributed by atoms with van der Waals surface area (Å²) in [4.78, 5) is 11.7. The van der Waals surface area contributed by atoms with Crippen LogP contribution in [0.15, 0.2) is 0 Å². The van der Waals surface area contributed by atoms with E-state index in [-0.39, 0.29) is 5.91 Å². The van der Waals surface area contributed by atoms with Crippen LogP contribution in [-0.2, 0) is 4.79 Å². The van der Waals surface area contributed by atoms with Gasteiger partial charge in [-0.05, 0) is 25.7 Å². The third-order valence-corrected chi connectivity index (χ3v) is 4.60. The average molecular weight is 280 g/mol. The fourth-order valence-electron chi connectivity index (χ4n) is 3.11. The lowest BCUT2D eigenvalue weighted by Crippen LogP contribution is -2.40. The molecule has 0 spiro atoms. The van der Waals surface area contributed by atoms with E-state index in [1.165, 1.54) is 83.5 Å². The minimum absolute atomic E-state index is 0.193. The topological polar surface area (TPSA) is 41.1 Å². The minimum atomic E-state index is 0.193. The van der Waals surface area contributed by atoms with Gasteiger partial charge in [-0.2, -0.15) is 0 Å². The molecule has 2 saturated carbocycles. The Labute approximate surface area is 124 Å². The first kappa shape index (κ1) is 15.8. The van der Waals surface area contributed by atoms with E-state index in [0.29, 0.717) is 18.6 Å². The zero-order chi connectivity index (χ0) is 14.0. The van der Waals surface area contributed by atoms with E-state index in [1.54, 1.807) is 0 Å². The molecule has 20 heavy (non-hydrogen) atoms. The van der Waals surface area contributed by atoms with Gasteiger partial charge in [0.2, 0.25) is 5.91 Å². The molecular formula is C17H32N2O. The van der Waals surface area contributed by atoms with Gasteiger partial charge in [-0.15, -0.1) is 0 Å². The maximum absolute atomic E-state index is 11.7. The molecule has 0 unspecified atom stereocenters. The molecule has 0 bridgehead atoms. The molecule has 0 radical (unpaired) electrons. The zero-order valence-electron chi connectivity index (χ0n) is 13.0. The van der Waals surface area contributed by atoms with Crippen molar-refractivity contribution in [2.75, 3.05) is 6.54 Å². The predicted octanol–water partition coefficient (Wildman–Crippen LogP) is 3.53. The Bertz CT molecular complexity index is 264. The summed E-state index contributed by atoms with van der Waals surface area (Å²) in [5.41, 5.74) is 0. The second-order valence-electron chi connectivity index (χ2n) is 6.68. The summed E-state index contributed by atoms with van der Waals surface area (Å²) >= 11 is 0. The molecule has 3 heteroatoms. The second-order valence-corrected chi connectivity index (χ2v) is 6.68. The van der Waals surface area contributed by atoms with Crippen LogP contribution >= 0.6 is 0 Å². The van der Waals surface area contributed by atoms with Gasteiger partial charge in [0.05, 0.1) is 6.54 Å². The minimum Gasteiger partial charge on any atom is -0.352 e. The van der Waals surface area contributed by atoms with Crippen LogP contribution in [0.4, 0.5) is 0 Å². The third kappa shape index (κ3) is 7.28. The molecule has 0 aliphatic heterocycles. The Hall–Kier alpha value is -0.570. The van der Waals surface area contributed by atoms with Gasteiger partial charge in [0.25, 0.3) is 0 Å². The molecule has 116 valence electrons. The lowest BCUT2D eigenvalue weighted by Gasteiger charge is -2.19. The Kier molecular flexibility index (Phi) is 7.42. The highest BCUT2D eigenvalue weighted by Crippen LogP contribution is 2.18. The zero-order valence-corrected chi connectivity index (χ0v) is 13.0. The number of rotatable bonds is 4. The molecule has 0 aromatic carbocycles. The largest absolute Gasteiger partial charge is 0.352 e. The fraction of sp³-hybridized carbons (Fsp3) is 0.941. The normalized spacial score (nSPS) is 23.6. The van der Waals surface area contributed by atoms with Gasteiger partial charge in [-0.25, -0.2) is 0 Å². The van der Waals surface area contributed by atoms with Crippen LogP contribution in [0.2, 0.25) is 0 Å². The van der Waals surface area contributed by atoms with Crippen molar-refractivity contribution in [2.24, 2.45) is 0 Å². The van der Waals surface area contributed by atoms with E-state index in [0.717, 1.165) is 0 Å². The summed E-state index contributed by atoms with van der Waals surface area (Å²) in [6, 6.07) is 1.04. The fourth-order valence-corrected chi connectivity index (χ4v) is 3.11. The lowest BCUT2D eigenvalue weighted by atomic mass is 9.98. The number of hydrogen-bond acceptors (Lipinski definition) is 2. The van der Waals surface area contributed by atoms with Crippen molar-refractivity contribution in [3.8, 4) is 0 Å². The van der Waals surface area contributed by atoms with Crippen molar-refractivity contribution in [1.29, 1.82) is 0 Å². The van der Waals surface area contributed by atoms with Gasteiger partial charge in [0.1, 0.15) is 0 Å². The molecular weight excluding hydrogens is 248 g/mol. The summed E-state index contributed by atoms with van der Waals surface area (Å²) in [5.74, 6) is 0.193. The molecule has 0 aromatic heterocycles. The second kappa shape index (κ2) is 9.38. The quantitative estimate of drug-likeness (QED) is 0.827. The van der Waals surface area contributed by atoms with Gasteiger partial charge < -0.3 is 10.6 Å². The molecule has 1 amide bonds. The summed E-state index contributed by atoms with van der Waals surface area (Å²) in [6.07, 6.45) is 17.3. The van der Waals surface area contributed by atoms with E-state index < -0.39 is 0 Å². The van der Waals surface area contributed by atoms with Crippen molar-refractivity contribution in [3.05, 3.63) is 0 Å². The van der Waals surface area contributed by atoms with Gasteiger partial charge in [0, 0.05) is 12.1 Å². The molecule has 2 aliphatic rings. The van der Waals surface area contributed by atoms with E-state index in [9.17, 15) is 4.79 Å². The smallest absolute Gasteiger partial charge is 0.234 e. The van der Waals surface area contributed by atoms with Crippen molar-refractivity contribution in [1.82, 2.24) is 10.6 Å². The summed E-state index contributed by atoms with van der Waals surface area (Å²) in [7, 11) is 0. The van der Waals surface area contributed by atoms with Crippen molar-refractivity contribution < 1.29 is 4.79 Å². The number of nitrogens with one attached hydrogen (secondary N) is 2. The third-order valence-electron chi connectivity index (χ3n) is 4.60. The Balaban J connectivity index is 1.63. The van der Waals surface area contributed by atoms with Crippen LogP contribution in [0.5, 0.6) is 0 Å². The first-order valence-corrected chi connectivity index (χ1v) is 8.87. The SMILES string of the molecule is O=C(CNC1CCCCCCCCCCC1)NC1CC1. The Morgan fingerprint density at radius 1 is 0.700 bits per heavy atom. The first-order chi connectivity index (χ1) is 9.84. The predicted molar refractivity (Wildman–Crippen MR) is 83.7 cm³/mol. The van der Waals surface area contributed by atoms with E-state index in [4.69, 9.17) is 0 Å².